The van der Waals surface area contributed by atoms with Gasteiger partial charge in [-0.1, -0.05) is 23.7 Å². The molecule has 0 radical (unpaired) electrons. The van der Waals surface area contributed by atoms with E-state index >= 15 is 0 Å². The number of nitrogens with zero attached hydrogens (tertiary/aromatic N) is 1. The number of alkyl halides is 1. The van der Waals surface area contributed by atoms with Crippen molar-refractivity contribution in [1.82, 2.24) is 4.90 Å². The molecule has 1 aromatic carbocycles. The highest BCUT2D eigenvalue weighted by molar-refractivity contribution is 6.31. The molecule has 84 valence electrons. The Hall–Kier alpha value is -0.240. The maximum absolute atomic E-state index is 6.15. The second kappa shape index (κ2) is 5.74. The van der Waals surface area contributed by atoms with E-state index in [-0.39, 0.29) is 5.38 Å². The van der Waals surface area contributed by atoms with Gasteiger partial charge in [0.15, 0.2) is 0 Å². The van der Waals surface area contributed by atoms with Crippen LogP contribution in [0.2, 0.25) is 5.02 Å². The molecular formula is C12H17Cl2N. The molecule has 0 fully saturated rings. The predicted octanol–water partition coefficient (Wildman–Crippen LogP) is 3.71. The van der Waals surface area contributed by atoms with E-state index in [1.807, 2.05) is 19.9 Å². The van der Waals surface area contributed by atoms with Crippen molar-refractivity contribution in [1.29, 1.82) is 0 Å². The van der Waals surface area contributed by atoms with E-state index in [0.717, 1.165) is 23.7 Å². The first-order valence-corrected chi connectivity index (χ1v) is 5.88. The molecule has 1 rings (SSSR count). The van der Waals surface area contributed by atoms with E-state index in [9.17, 15) is 0 Å². The summed E-state index contributed by atoms with van der Waals surface area (Å²) in [5.74, 6) is 0. The number of benzene rings is 1. The first kappa shape index (κ1) is 12.8. The molecule has 0 amide bonds. The molecule has 1 nitrogen and oxygen atoms in total. The predicted molar refractivity (Wildman–Crippen MR) is 67.8 cm³/mol. The third kappa shape index (κ3) is 4.42. The number of aryl methyl sites for hydroxylation is 1. The van der Waals surface area contributed by atoms with E-state index < -0.39 is 0 Å². The fourth-order valence-corrected chi connectivity index (χ4v) is 2.10. The second-order valence-corrected chi connectivity index (χ2v) is 5.22. The molecule has 1 aromatic rings. The van der Waals surface area contributed by atoms with Crippen molar-refractivity contribution >= 4 is 23.2 Å². The Bertz CT molecular complexity index is 323. The number of rotatable bonds is 4. The van der Waals surface area contributed by atoms with Gasteiger partial charge in [-0.3, -0.25) is 0 Å². The number of halogens is 2. The zero-order valence-electron chi connectivity index (χ0n) is 9.43. The Morgan fingerprint density at radius 2 is 2.07 bits per heavy atom. The lowest BCUT2D eigenvalue weighted by Gasteiger charge is -2.18. The molecule has 0 heterocycles. The Labute approximate surface area is 102 Å². The summed E-state index contributed by atoms with van der Waals surface area (Å²) in [5.41, 5.74) is 2.35. The highest BCUT2D eigenvalue weighted by atomic mass is 35.5. The molecule has 0 saturated carbocycles. The summed E-state index contributed by atoms with van der Waals surface area (Å²) in [6, 6.07) is 6.15. The third-order valence-corrected chi connectivity index (χ3v) is 2.70. The average molecular weight is 246 g/mol. The molecule has 0 aliphatic heterocycles. The summed E-state index contributed by atoms with van der Waals surface area (Å²) in [5, 5.41) is 1.00. The van der Waals surface area contributed by atoms with Crippen molar-refractivity contribution in [3.8, 4) is 0 Å². The highest BCUT2D eigenvalue weighted by Crippen LogP contribution is 2.19. The molecule has 0 aliphatic carbocycles. The van der Waals surface area contributed by atoms with E-state index in [2.05, 4.69) is 24.1 Å². The maximum atomic E-state index is 6.15. The van der Waals surface area contributed by atoms with Crippen LogP contribution in [0, 0.1) is 6.92 Å². The average Bonchev–Trinajstić information content (AvgIpc) is 2.08. The maximum Gasteiger partial charge on any atom is 0.0453 e. The summed E-state index contributed by atoms with van der Waals surface area (Å²) in [6.45, 7) is 5.75. The zero-order valence-corrected chi connectivity index (χ0v) is 10.9. The minimum atomic E-state index is 0.166. The van der Waals surface area contributed by atoms with Gasteiger partial charge in [-0.05, 0) is 38.1 Å². The molecule has 0 spiro atoms. The molecule has 15 heavy (non-hydrogen) atoms. The standard InChI is InChI=1S/C12H17Cl2N/c1-9-4-5-11(12(14)6-9)8-15(3)7-10(2)13/h4-6,10H,7-8H2,1-3H3. The molecule has 0 N–H and O–H groups in total. The number of hydrogen-bond acceptors (Lipinski definition) is 1. The van der Waals surface area contributed by atoms with E-state index in [1.165, 1.54) is 5.56 Å². The first-order chi connectivity index (χ1) is 6.99. The van der Waals surface area contributed by atoms with E-state index in [0.29, 0.717) is 0 Å². The molecule has 1 unspecified atom stereocenters. The van der Waals surface area contributed by atoms with Crippen LogP contribution < -0.4 is 0 Å². The summed E-state index contributed by atoms with van der Waals surface area (Å²) in [4.78, 5) is 2.17. The lowest BCUT2D eigenvalue weighted by atomic mass is 10.1. The van der Waals surface area contributed by atoms with Crippen LogP contribution in [0.4, 0.5) is 0 Å². The van der Waals surface area contributed by atoms with Gasteiger partial charge in [-0.25, -0.2) is 0 Å². The van der Waals surface area contributed by atoms with Gasteiger partial charge in [0.1, 0.15) is 0 Å². The third-order valence-electron chi connectivity index (χ3n) is 2.21. The molecular weight excluding hydrogens is 229 g/mol. The normalized spacial score (nSPS) is 13.2. The van der Waals surface area contributed by atoms with Gasteiger partial charge in [0.2, 0.25) is 0 Å². The van der Waals surface area contributed by atoms with Crippen molar-refractivity contribution in [2.24, 2.45) is 0 Å². The molecule has 0 aromatic heterocycles. The van der Waals surface area contributed by atoms with E-state index in [4.69, 9.17) is 23.2 Å². The molecule has 1 atom stereocenters. The van der Waals surface area contributed by atoms with Crippen LogP contribution >= 0.6 is 23.2 Å². The molecule has 0 bridgehead atoms. The summed E-state index contributed by atoms with van der Waals surface area (Å²) in [6.07, 6.45) is 0. The van der Waals surface area contributed by atoms with Crippen molar-refractivity contribution < 1.29 is 0 Å². The second-order valence-electron chi connectivity index (χ2n) is 4.07. The minimum Gasteiger partial charge on any atom is -0.301 e. The zero-order chi connectivity index (χ0) is 11.4. The Balaban J connectivity index is 2.64. The largest absolute Gasteiger partial charge is 0.301 e. The van der Waals surface area contributed by atoms with Crippen LogP contribution in [0.5, 0.6) is 0 Å². The summed E-state index contributed by atoms with van der Waals surface area (Å²) >= 11 is 12.1. The highest BCUT2D eigenvalue weighted by Gasteiger charge is 2.06. The van der Waals surface area contributed by atoms with Crippen molar-refractivity contribution in [3.05, 3.63) is 34.3 Å². The SMILES string of the molecule is Cc1ccc(CN(C)CC(C)Cl)c(Cl)c1. The summed E-state index contributed by atoms with van der Waals surface area (Å²) in [7, 11) is 2.05. The van der Waals surface area contributed by atoms with Crippen LogP contribution in [0.1, 0.15) is 18.1 Å². The van der Waals surface area contributed by atoms with Crippen LogP contribution in [-0.4, -0.2) is 23.9 Å². The van der Waals surface area contributed by atoms with Gasteiger partial charge in [0.25, 0.3) is 0 Å². The van der Waals surface area contributed by atoms with Gasteiger partial charge in [0, 0.05) is 23.5 Å². The molecule has 0 aliphatic rings. The lowest BCUT2D eigenvalue weighted by Crippen LogP contribution is -2.24. The Morgan fingerprint density at radius 1 is 1.40 bits per heavy atom. The lowest BCUT2D eigenvalue weighted by molar-refractivity contribution is 0.330. The van der Waals surface area contributed by atoms with Crippen LogP contribution in [0.15, 0.2) is 18.2 Å². The smallest absolute Gasteiger partial charge is 0.0453 e. The summed E-state index contributed by atoms with van der Waals surface area (Å²) < 4.78 is 0. The first-order valence-electron chi connectivity index (χ1n) is 5.06. The quantitative estimate of drug-likeness (QED) is 0.732. The van der Waals surface area contributed by atoms with Gasteiger partial charge >= 0.3 is 0 Å². The van der Waals surface area contributed by atoms with Gasteiger partial charge in [0.05, 0.1) is 0 Å². The van der Waals surface area contributed by atoms with Crippen molar-refractivity contribution in [2.75, 3.05) is 13.6 Å². The van der Waals surface area contributed by atoms with Crippen molar-refractivity contribution in [3.63, 3.8) is 0 Å². The van der Waals surface area contributed by atoms with Crippen LogP contribution in [-0.2, 0) is 6.54 Å². The fraction of sp³-hybridized carbons (Fsp3) is 0.500. The van der Waals surface area contributed by atoms with Gasteiger partial charge < -0.3 is 4.90 Å². The van der Waals surface area contributed by atoms with Crippen LogP contribution in [0.3, 0.4) is 0 Å². The minimum absolute atomic E-state index is 0.166. The Morgan fingerprint density at radius 3 is 2.60 bits per heavy atom. The Kier molecular flexibility index (Phi) is 4.91. The topological polar surface area (TPSA) is 3.24 Å². The van der Waals surface area contributed by atoms with Gasteiger partial charge in [-0.15, -0.1) is 11.6 Å². The van der Waals surface area contributed by atoms with E-state index in [1.54, 1.807) is 0 Å². The monoisotopic (exact) mass is 245 g/mol. The number of hydrogen-bond donors (Lipinski definition) is 0. The fourth-order valence-electron chi connectivity index (χ4n) is 1.57. The molecule has 0 saturated heterocycles. The molecule has 3 heteroatoms. The van der Waals surface area contributed by atoms with Gasteiger partial charge in [-0.2, -0.15) is 0 Å². The van der Waals surface area contributed by atoms with Crippen molar-refractivity contribution in [2.45, 2.75) is 25.8 Å². The van der Waals surface area contributed by atoms with Crippen LogP contribution in [0.25, 0.3) is 0 Å².